The summed E-state index contributed by atoms with van der Waals surface area (Å²) in [5.41, 5.74) is 1.65. The molecule has 0 saturated carbocycles. The van der Waals surface area contributed by atoms with E-state index in [1.807, 2.05) is 31.2 Å². The summed E-state index contributed by atoms with van der Waals surface area (Å²) in [6, 6.07) is 9.07. The lowest BCUT2D eigenvalue weighted by molar-refractivity contribution is -0.136. The van der Waals surface area contributed by atoms with Gasteiger partial charge in [0.2, 0.25) is 5.91 Å². The highest BCUT2D eigenvalue weighted by molar-refractivity contribution is 6.39. The van der Waals surface area contributed by atoms with Crippen LogP contribution in [0.3, 0.4) is 0 Å². The number of amides is 3. The summed E-state index contributed by atoms with van der Waals surface area (Å²) in [5, 5.41) is 15.4. The minimum Gasteiger partial charge on any atom is -0.497 e. The Morgan fingerprint density at radius 3 is 2.67 bits per heavy atom. The Balaban J connectivity index is 1.56. The van der Waals surface area contributed by atoms with E-state index in [1.165, 1.54) is 4.68 Å². The van der Waals surface area contributed by atoms with Gasteiger partial charge in [-0.25, -0.2) is 4.68 Å². The van der Waals surface area contributed by atoms with Gasteiger partial charge in [-0.3, -0.25) is 19.7 Å². The molecule has 10 heteroatoms. The summed E-state index contributed by atoms with van der Waals surface area (Å²) in [5.74, 6) is -0.598. The maximum atomic E-state index is 12.3. The van der Waals surface area contributed by atoms with Crippen molar-refractivity contribution >= 4 is 23.5 Å². The monoisotopic (exact) mass is 414 g/mol. The molecular formula is C20H26N6O4. The van der Waals surface area contributed by atoms with Crippen LogP contribution in [0.1, 0.15) is 30.9 Å². The Morgan fingerprint density at radius 2 is 2.00 bits per heavy atom. The summed E-state index contributed by atoms with van der Waals surface area (Å²) in [7, 11) is 1.60. The Labute approximate surface area is 174 Å². The summed E-state index contributed by atoms with van der Waals surface area (Å²) in [6.45, 7) is 3.96. The highest BCUT2D eigenvalue weighted by Crippen LogP contribution is 2.17. The lowest BCUT2D eigenvalue weighted by Gasteiger charge is -2.30. The number of nitrogens with zero attached hydrogens (tertiary/aromatic N) is 2. The van der Waals surface area contributed by atoms with Crippen molar-refractivity contribution in [3.8, 4) is 5.75 Å². The van der Waals surface area contributed by atoms with Crippen LogP contribution in [-0.2, 0) is 20.8 Å². The van der Waals surface area contributed by atoms with Gasteiger partial charge in [-0.05, 0) is 38.0 Å². The Bertz CT molecular complexity index is 924. The first kappa shape index (κ1) is 21.3. The topological polar surface area (TPSA) is 126 Å². The van der Waals surface area contributed by atoms with Crippen molar-refractivity contribution in [1.29, 1.82) is 0 Å². The average molecular weight is 414 g/mol. The largest absolute Gasteiger partial charge is 0.497 e. The maximum absolute atomic E-state index is 12.3. The first-order valence-corrected chi connectivity index (χ1v) is 9.69. The number of aryl methyl sites for hydroxylation is 1. The zero-order valence-electron chi connectivity index (χ0n) is 17.2. The van der Waals surface area contributed by atoms with Crippen LogP contribution in [0.4, 0.5) is 5.82 Å². The molecule has 10 nitrogen and oxygen atoms in total. The van der Waals surface area contributed by atoms with Crippen LogP contribution < -0.4 is 26.0 Å². The third kappa shape index (κ3) is 5.35. The number of carbonyl (C=O) groups is 3. The minimum absolute atomic E-state index is 0.0435. The van der Waals surface area contributed by atoms with Crippen LogP contribution >= 0.6 is 0 Å². The Hall–Kier alpha value is -3.40. The molecule has 2 heterocycles. The van der Waals surface area contributed by atoms with E-state index >= 15 is 0 Å². The molecule has 0 bridgehead atoms. The minimum atomic E-state index is -0.805. The fourth-order valence-electron chi connectivity index (χ4n) is 3.16. The van der Waals surface area contributed by atoms with Gasteiger partial charge in [0, 0.05) is 25.1 Å². The molecule has 1 aromatic carbocycles. The molecule has 2 unspecified atom stereocenters. The van der Waals surface area contributed by atoms with Gasteiger partial charge in [-0.2, -0.15) is 5.10 Å². The van der Waals surface area contributed by atoms with E-state index in [9.17, 15) is 14.4 Å². The van der Waals surface area contributed by atoms with Gasteiger partial charge in [-0.1, -0.05) is 12.1 Å². The first-order chi connectivity index (χ1) is 14.4. The molecule has 1 aromatic heterocycles. The van der Waals surface area contributed by atoms with Crippen LogP contribution in [0.15, 0.2) is 30.3 Å². The van der Waals surface area contributed by atoms with Gasteiger partial charge in [0.15, 0.2) is 6.29 Å². The van der Waals surface area contributed by atoms with E-state index in [2.05, 4.69) is 26.4 Å². The average Bonchev–Trinajstić information content (AvgIpc) is 3.07. The van der Waals surface area contributed by atoms with Crippen LogP contribution in [0.25, 0.3) is 0 Å². The van der Waals surface area contributed by atoms with Gasteiger partial charge in [0.05, 0.1) is 12.8 Å². The van der Waals surface area contributed by atoms with E-state index in [0.29, 0.717) is 30.9 Å². The van der Waals surface area contributed by atoms with Gasteiger partial charge in [0.25, 0.3) is 0 Å². The number of ether oxygens (including phenoxy) is 1. The number of methoxy groups -OCH3 is 1. The van der Waals surface area contributed by atoms with Crippen molar-refractivity contribution in [3.05, 3.63) is 41.6 Å². The predicted octanol–water partition coefficient (Wildman–Crippen LogP) is 0.452. The summed E-state index contributed by atoms with van der Waals surface area (Å²) in [6.07, 6.45) is 0.328. The molecule has 160 valence electrons. The third-order valence-corrected chi connectivity index (χ3v) is 4.64. The molecular weight excluding hydrogens is 388 g/mol. The Kier molecular flexibility index (Phi) is 6.68. The SMILES string of the molecule is COc1ccc(CCNC(=O)C(=O)Nc2cc(C)nn2C2NC(=O)CC(C)N2)cc1. The van der Waals surface area contributed by atoms with Gasteiger partial charge in [-0.15, -0.1) is 0 Å². The lowest BCUT2D eigenvalue weighted by Crippen LogP contribution is -2.52. The standard InChI is InChI=1S/C20H26N6O4/c1-12-11-17(27)24-20(22-12)26-16(10-13(2)25-26)23-19(29)18(28)21-9-8-14-4-6-15(30-3)7-5-14/h4-7,10,12,20,22H,8-9,11H2,1-3H3,(H,21,28)(H,23,29)(H,24,27). The van der Waals surface area contributed by atoms with Gasteiger partial charge in [0.1, 0.15) is 11.6 Å². The summed E-state index contributed by atoms with van der Waals surface area (Å²) in [4.78, 5) is 36.3. The molecule has 1 aliphatic heterocycles. The molecule has 3 amide bonds. The van der Waals surface area contributed by atoms with E-state index < -0.39 is 18.1 Å². The predicted molar refractivity (Wildman–Crippen MR) is 110 cm³/mol. The lowest BCUT2D eigenvalue weighted by atomic mass is 10.1. The van der Waals surface area contributed by atoms with Crippen LogP contribution in [0.2, 0.25) is 0 Å². The number of nitrogens with one attached hydrogen (secondary N) is 4. The quantitative estimate of drug-likeness (QED) is 0.509. The van der Waals surface area contributed by atoms with Gasteiger partial charge < -0.3 is 20.7 Å². The second-order valence-corrected chi connectivity index (χ2v) is 7.17. The smallest absolute Gasteiger partial charge is 0.314 e. The van der Waals surface area contributed by atoms with Crippen molar-refractivity contribution in [1.82, 2.24) is 25.7 Å². The zero-order valence-corrected chi connectivity index (χ0v) is 17.2. The maximum Gasteiger partial charge on any atom is 0.314 e. The molecule has 1 aliphatic rings. The highest BCUT2D eigenvalue weighted by atomic mass is 16.5. The van der Waals surface area contributed by atoms with E-state index in [1.54, 1.807) is 20.1 Å². The van der Waals surface area contributed by atoms with Crippen molar-refractivity contribution in [3.63, 3.8) is 0 Å². The van der Waals surface area contributed by atoms with E-state index in [0.717, 1.165) is 11.3 Å². The van der Waals surface area contributed by atoms with Crippen molar-refractivity contribution in [2.75, 3.05) is 19.0 Å². The molecule has 0 spiro atoms. The molecule has 0 radical (unpaired) electrons. The second-order valence-electron chi connectivity index (χ2n) is 7.17. The number of rotatable bonds is 6. The zero-order chi connectivity index (χ0) is 21.7. The molecule has 3 rings (SSSR count). The second kappa shape index (κ2) is 9.40. The fourth-order valence-corrected chi connectivity index (χ4v) is 3.16. The van der Waals surface area contributed by atoms with E-state index in [-0.39, 0.29) is 11.9 Å². The molecule has 2 atom stereocenters. The van der Waals surface area contributed by atoms with E-state index in [4.69, 9.17) is 4.74 Å². The molecule has 1 fully saturated rings. The number of anilines is 1. The molecule has 4 N–H and O–H groups in total. The van der Waals surface area contributed by atoms with Crippen LogP contribution in [0, 0.1) is 6.92 Å². The van der Waals surface area contributed by atoms with Crippen molar-refractivity contribution < 1.29 is 19.1 Å². The normalized spacial score (nSPS) is 18.4. The third-order valence-electron chi connectivity index (χ3n) is 4.64. The summed E-state index contributed by atoms with van der Waals surface area (Å²) < 4.78 is 6.56. The first-order valence-electron chi connectivity index (χ1n) is 9.69. The Morgan fingerprint density at radius 1 is 1.27 bits per heavy atom. The van der Waals surface area contributed by atoms with Crippen LogP contribution in [0.5, 0.6) is 5.75 Å². The number of hydrogen-bond donors (Lipinski definition) is 4. The van der Waals surface area contributed by atoms with Crippen molar-refractivity contribution in [2.45, 2.75) is 39.0 Å². The number of benzene rings is 1. The van der Waals surface area contributed by atoms with Crippen LogP contribution in [-0.4, -0.2) is 47.2 Å². The highest BCUT2D eigenvalue weighted by Gasteiger charge is 2.27. The fraction of sp³-hybridized carbons (Fsp3) is 0.400. The number of aromatic nitrogens is 2. The molecule has 2 aromatic rings. The van der Waals surface area contributed by atoms with Gasteiger partial charge >= 0.3 is 11.8 Å². The molecule has 0 aliphatic carbocycles. The molecule has 1 saturated heterocycles. The molecule has 30 heavy (non-hydrogen) atoms. The number of carbonyl (C=O) groups excluding carboxylic acids is 3. The van der Waals surface area contributed by atoms with Crippen molar-refractivity contribution in [2.24, 2.45) is 0 Å². The number of hydrogen-bond acceptors (Lipinski definition) is 6. The summed E-state index contributed by atoms with van der Waals surface area (Å²) >= 11 is 0.